The van der Waals surface area contributed by atoms with Crippen LogP contribution in [0.3, 0.4) is 0 Å². The Hall–Kier alpha value is -1.32. The number of ether oxygens (including phenoxy) is 1. The van der Waals surface area contributed by atoms with Crippen molar-refractivity contribution in [1.82, 2.24) is 0 Å². The second-order valence-electron chi connectivity index (χ2n) is 3.37. The van der Waals surface area contributed by atoms with Crippen LogP contribution in [-0.2, 0) is 14.3 Å². The summed E-state index contributed by atoms with van der Waals surface area (Å²) in [5.74, 6) is -2.70. The predicted molar refractivity (Wildman–Crippen MR) is 49.6 cm³/mol. The van der Waals surface area contributed by atoms with Crippen molar-refractivity contribution in [2.75, 3.05) is 6.61 Å². The zero-order valence-corrected chi connectivity index (χ0v) is 8.16. The van der Waals surface area contributed by atoms with Gasteiger partial charge in [-0.2, -0.15) is 0 Å². The summed E-state index contributed by atoms with van der Waals surface area (Å²) >= 11 is 0. The largest absolute Gasteiger partial charge is 0.481 e. The Bertz CT molecular complexity index is 269. The lowest BCUT2D eigenvalue weighted by Gasteiger charge is -2.14. The van der Waals surface area contributed by atoms with Gasteiger partial charge in [-0.1, -0.05) is 12.2 Å². The molecule has 0 spiro atoms. The summed E-state index contributed by atoms with van der Waals surface area (Å²) in [6.45, 7) is 5.65. The van der Waals surface area contributed by atoms with Gasteiger partial charge in [-0.15, -0.1) is 0 Å². The number of carbonyl (C=O) groups is 2. The molecule has 78 valence electrons. The average molecular weight is 198 g/mol. The number of hydrogen-bond acceptors (Lipinski definition) is 3. The molecule has 0 radical (unpaired) electrons. The molecule has 14 heavy (non-hydrogen) atoms. The highest BCUT2D eigenvalue weighted by Gasteiger charge is 2.41. The molecule has 4 nitrogen and oxygen atoms in total. The molecule has 1 rings (SSSR count). The van der Waals surface area contributed by atoms with Gasteiger partial charge in [0, 0.05) is 0 Å². The molecule has 1 aliphatic rings. The van der Waals surface area contributed by atoms with Crippen LogP contribution in [0, 0.1) is 11.8 Å². The SMILES string of the molecule is C=C1CCC(C(=O)OCC)C1C(=O)O. The molecule has 1 N–H and O–H groups in total. The van der Waals surface area contributed by atoms with E-state index in [1.807, 2.05) is 0 Å². The second kappa shape index (κ2) is 4.26. The minimum Gasteiger partial charge on any atom is -0.481 e. The van der Waals surface area contributed by atoms with Crippen LogP contribution in [0.4, 0.5) is 0 Å². The van der Waals surface area contributed by atoms with Gasteiger partial charge in [0.25, 0.3) is 0 Å². The fourth-order valence-corrected chi connectivity index (χ4v) is 1.80. The molecule has 1 aliphatic carbocycles. The van der Waals surface area contributed by atoms with Crippen LogP contribution in [0.1, 0.15) is 19.8 Å². The summed E-state index contributed by atoms with van der Waals surface area (Å²) in [6, 6.07) is 0. The molecule has 0 aliphatic heterocycles. The maximum absolute atomic E-state index is 11.4. The molecule has 0 bridgehead atoms. The molecule has 0 amide bonds. The lowest BCUT2D eigenvalue weighted by atomic mass is 9.94. The minimum atomic E-state index is -0.981. The molecule has 0 heterocycles. The first kappa shape index (κ1) is 10.8. The van der Waals surface area contributed by atoms with E-state index in [-0.39, 0.29) is 6.61 Å². The third-order valence-electron chi connectivity index (χ3n) is 2.47. The van der Waals surface area contributed by atoms with Gasteiger partial charge in [-0.3, -0.25) is 9.59 Å². The van der Waals surface area contributed by atoms with Crippen molar-refractivity contribution in [3.63, 3.8) is 0 Å². The number of hydrogen-bond donors (Lipinski definition) is 1. The quantitative estimate of drug-likeness (QED) is 0.547. The molecule has 0 saturated heterocycles. The van der Waals surface area contributed by atoms with E-state index in [1.54, 1.807) is 6.92 Å². The zero-order valence-electron chi connectivity index (χ0n) is 8.16. The number of carboxylic acids is 1. The van der Waals surface area contributed by atoms with Gasteiger partial charge < -0.3 is 9.84 Å². The third-order valence-corrected chi connectivity index (χ3v) is 2.47. The molecular formula is C10H14O4. The van der Waals surface area contributed by atoms with Crippen LogP contribution in [0.15, 0.2) is 12.2 Å². The van der Waals surface area contributed by atoms with Crippen LogP contribution in [-0.4, -0.2) is 23.7 Å². The summed E-state index contributed by atoms with van der Waals surface area (Å²) in [6.07, 6.45) is 1.13. The van der Waals surface area contributed by atoms with Crippen LogP contribution < -0.4 is 0 Å². The van der Waals surface area contributed by atoms with Crippen molar-refractivity contribution in [1.29, 1.82) is 0 Å². The van der Waals surface area contributed by atoms with E-state index in [9.17, 15) is 9.59 Å². The molecule has 2 unspecified atom stereocenters. The van der Waals surface area contributed by atoms with Crippen molar-refractivity contribution in [2.45, 2.75) is 19.8 Å². The molecule has 0 aromatic carbocycles. The van der Waals surface area contributed by atoms with Crippen LogP contribution in [0.2, 0.25) is 0 Å². The first-order valence-electron chi connectivity index (χ1n) is 4.65. The Morgan fingerprint density at radius 2 is 2.29 bits per heavy atom. The Balaban J connectivity index is 2.74. The van der Waals surface area contributed by atoms with Gasteiger partial charge in [0.2, 0.25) is 0 Å². The highest BCUT2D eigenvalue weighted by Crippen LogP contribution is 2.36. The molecule has 1 saturated carbocycles. The normalized spacial score (nSPS) is 26.2. The van der Waals surface area contributed by atoms with E-state index in [4.69, 9.17) is 9.84 Å². The Morgan fingerprint density at radius 1 is 1.64 bits per heavy atom. The fourth-order valence-electron chi connectivity index (χ4n) is 1.80. The van der Waals surface area contributed by atoms with Crippen molar-refractivity contribution in [3.05, 3.63) is 12.2 Å². The summed E-state index contributed by atoms with van der Waals surface area (Å²) in [7, 11) is 0. The van der Waals surface area contributed by atoms with Crippen LogP contribution in [0.5, 0.6) is 0 Å². The average Bonchev–Trinajstić information content (AvgIpc) is 2.47. The summed E-state index contributed by atoms with van der Waals surface area (Å²) < 4.78 is 4.81. The highest BCUT2D eigenvalue weighted by molar-refractivity contribution is 5.84. The maximum Gasteiger partial charge on any atom is 0.311 e. The molecule has 4 heteroatoms. The van der Waals surface area contributed by atoms with Crippen molar-refractivity contribution in [3.8, 4) is 0 Å². The number of aliphatic carboxylic acids is 1. The Labute approximate surface area is 82.6 Å². The van der Waals surface area contributed by atoms with E-state index in [0.29, 0.717) is 18.4 Å². The Morgan fingerprint density at radius 3 is 2.79 bits per heavy atom. The van der Waals surface area contributed by atoms with E-state index >= 15 is 0 Å². The standard InChI is InChI=1S/C10H14O4/c1-3-14-10(13)7-5-4-6(2)8(7)9(11)12/h7-8H,2-5H2,1H3,(H,11,12). The second-order valence-corrected chi connectivity index (χ2v) is 3.37. The monoisotopic (exact) mass is 198 g/mol. The van der Waals surface area contributed by atoms with Crippen molar-refractivity contribution >= 4 is 11.9 Å². The van der Waals surface area contributed by atoms with Crippen LogP contribution >= 0.6 is 0 Å². The van der Waals surface area contributed by atoms with E-state index in [2.05, 4.69) is 6.58 Å². The first-order chi connectivity index (χ1) is 6.57. The van der Waals surface area contributed by atoms with Crippen molar-refractivity contribution < 1.29 is 19.4 Å². The van der Waals surface area contributed by atoms with Gasteiger partial charge in [-0.25, -0.2) is 0 Å². The van der Waals surface area contributed by atoms with Gasteiger partial charge in [0.1, 0.15) is 0 Å². The lowest BCUT2D eigenvalue weighted by molar-refractivity contribution is -0.155. The summed E-state index contributed by atoms with van der Waals surface area (Å²) in [5, 5.41) is 8.90. The number of carbonyl (C=O) groups excluding carboxylic acids is 1. The predicted octanol–water partition coefficient (Wildman–Crippen LogP) is 1.22. The van der Waals surface area contributed by atoms with Gasteiger partial charge >= 0.3 is 11.9 Å². The topological polar surface area (TPSA) is 63.6 Å². The number of carboxylic acid groups (broad SMARTS) is 1. The van der Waals surface area contributed by atoms with Gasteiger partial charge in [0.05, 0.1) is 18.4 Å². The van der Waals surface area contributed by atoms with Crippen LogP contribution in [0.25, 0.3) is 0 Å². The molecule has 0 aromatic rings. The van der Waals surface area contributed by atoms with Gasteiger partial charge in [-0.05, 0) is 19.8 Å². The summed E-state index contributed by atoms with van der Waals surface area (Å²) in [4.78, 5) is 22.2. The number of esters is 1. The molecule has 1 fully saturated rings. The van der Waals surface area contributed by atoms with E-state index < -0.39 is 23.8 Å². The fraction of sp³-hybridized carbons (Fsp3) is 0.600. The smallest absolute Gasteiger partial charge is 0.311 e. The van der Waals surface area contributed by atoms with Crippen molar-refractivity contribution in [2.24, 2.45) is 11.8 Å². The highest BCUT2D eigenvalue weighted by atomic mass is 16.5. The van der Waals surface area contributed by atoms with E-state index in [1.165, 1.54) is 0 Å². The maximum atomic E-state index is 11.4. The van der Waals surface area contributed by atoms with Gasteiger partial charge in [0.15, 0.2) is 0 Å². The Kier molecular flexibility index (Phi) is 3.28. The van der Waals surface area contributed by atoms with E-state index in [0.717, 1.165) is 0 Å². The third kappa shape index (κ3) is 1.95. The molecular weight excluding hydrogens is 184 g/mol. The number of rotatable bonds is 3. The molecule has 0 aromatic heterocycles. The lowest BCUT2D eigenvalue weighted by Crippen LogP contribution is -2.27. The minimum absolute atomic E-state index is 0.286. The molecule has 2 atom stereocenters. The summed E-state index contributed by atoms with van der Waals surface area (Å²) in [5.41, 5.74) is 0.621. The zero-order chi connectivity index (χ0) is 10.7. The first-order valence-corrected chi connectivity index (χ1v) is 4.65.